The van der Waals surface area contributed by atoms with E-state index in [-0.39, 0.29) is 23.1 Å². The van der Waals surface area contributed by atoms with Gasteiger partial charge in [-0.3, -0.25) is 0 Å². The first-order valence-electron chi connectivity index (χ1n) is 10.4. The lowest BCUT2D eigenvalue weighted by molar-refractivity contribution is 0.0134. The molecule has 2 bridgehead atoms. The van der Waals surface area contributed by atoms with Crippen LogP contribution in [0.1, 0.15) is 67.1 Å². The van der Waals surface area contributed by atoms with E-state index in [4.69, 9.17) is 19.7 Å². The van der Waals surface area contributed by atoms with Gasteiger partial charge in [0, 0.05) is 0 Å². The SMILES string of the molecule is O=C(O)c1cccc(C(=O)O)c1.O=C1OCC2CCCCC2COC(=O)c2ccc1cc2. The van der Waals surface area contributed by atoms with Gasteiger partial charge in [-0.1, -0.05) is 18.9 Å². The third kappa shape index (κ3) is 5.94. The van der Waals surface area contributed by atoms with E-state index in [1.807, 2.05) is 0 Å². The van der Waals surface area contributed by atoms with Gasteiger partial charge in [0.1, 0.15) is 0 Å². The average Bonchev–Trinajstić information content (AvgIpc) is 2.81. The lowest BCUT2D eigenvalue weighted by atomic mass is 9.80. The monoisotopic (exact) mass is 440 g/mol. The summed E-state index contributed by atoms with van der Waals surface area (Å²) in [5.41, 5.74) is 0.925. The van der Waals surface area contributed by atoms with E-state index in [2.05, 4.69) is 0 Å². The van der Waals surface area contributed by atoms with Crippen molar-refractivity contribution >= 4 is 23.9 Å². The molecule has 3 aliphatic rings. The van der Waals surface area contributed by atoms with Crippen molar-refractivity contribution < 1.29 is 38.9 Å². The van der Waals surface area contributed by atoms with Crippen LogP contribution in [0, 0.1) is 11.8 Å². The van der Waals surface area contributed by atoms with Gasteiger partial charge in [-0.25, -0.2) is 19.2 Å². The van der Waals surface area contributed by atoms with Crippen LogP contribution in [0.4, 0.5) is 0 Å². The van der Waals surface area contributed by atoms with Crippen LogP contribution in [-0.4, -0.2) is 47.3 Å². The molecule has 2 aromatic rings. The van der Waals surface area contributed by atoms with Gasteiger partial charge in [0.25, 0.3) is 0 Å². The highest BCUT2D eigenvalue weighted by Crippen LogP contribution is 2.31. The first kappa shape index (κ1) is 23.0. The molecule has 2 atom stereocenters. The molecule has 168 valence electrons. The van der Waals surface area contributed by atoms with Crippen LogP contribution in [0.25, 0.3) is 0 Å². The first-order valence-corrected chi connectivity index (χ1v) is 10.4. The Labute approximate surface area is 184 Å². The van der Waals surface area contributed by atoms with Gasteiger partial charge in [0.2, 0.25) is 0 Å². The summed E-state index contributed by atoms with van der Waals surface area (Å²) >= 11 is 0. The quantitative estimate of drug-likeness (QED) is 0.673. The van der Waals surface area contributed by atoms with Crippen LogP contribution in [0.2, 0.25) is 0 Å². The molecule has 1 saturated carbocycles. The normalized spacial score (nSPS) is 20.2. The first-order chi connectivity index (χ1) is 15.3. The Morgan fingerprint density at radius 2 is 1.12 bits per heavy atom. The number of carboxylic acids is 2. The summed E-state index contributed by atoms with van der Waals surface area (Å²) in [7, 11) is 0. The predicted octanol–water partition coefficient (Wildman–Crippen LogP) is 3.90. The summed E-state index contributed by atoms with van der Waals surface area (Å²) in [4.78, 5) is 44.7. The molecule has 2 unspecified atom stereocenters. The number of hydrogen-bond acceptors (Lipinski definition) is 6. The van der Waals surface area contributed by atoms with Gasteiger partial charge < -0.3 is 19.7 Å². The number of carbonyl (C=O) groups is 4. The zero-order valence-electron chi connectivity index (χ0n) is 17.4. The third-order valence-electron chi connectivity index (χ3n) is 5.64. The second kappa shape index (κ2) is 10.6. The molecule has 0 spiro atoms. The molecule has 0 saturated heterocycles. The number of hydrogen-bond donors (Lipinski definition) is 2. The maximum Gasteiger partial charge on any atom is 0.338 e. The maximum atomic E-state index is 12.0. The number of benzene rings is 2. The van der Waals surface area contributed by atoms with Crippen LogP contribution in [-0.2, 0) is 9.47 Å². The van der Waals surface area contributed by atoms with E-state index in [0.29, 0.717) is 36.2 Å². The second-order valence-electron chi connectivity index (χ2n) is 7.77. The molecule has 8 heteroatoms. The van der Waals surface area contributed by atoms with Gasteiger partial charge in [0.15, 0.2) is 0 Å². The number of rotatable bonds is 2. The third-order valence-corrected chi connectivity index (χ3v) is 5.64. The van der Waals surface area contributed by atoms with Crippen LogP contribution in [0.3, 0.4) is 0 Å². The minimum Gasteiger partial charge on any atom is -0.478 e. The van der Waals surface area contributed by atoms with Crippen LogP contribution < -0.4 is 0 Å². The van der Waals surface area contributed by atoms with E-state index in [0.717, 1.165) is 31.7 Å². The van der Waals surface area contributed by atoms with E-state index in [9.17, 15) is 19.2 Å². The molecule has 2 aromatic carbocycles. The number of esters is 2. The lowest BCUT2D eigenvalue weighted by Crippen LogP contribution is -2.30. The van der Waals surface area contributed by atoms with E-state index < -0.39 is 11.9 Å². The Morgan fingerprint density at radius 1 is 0.719 bits per heavy atom. The second-order valence-corrected chi connectivity index (χ2v) is 7.77. The summed E-state index contributed by atoms with van der Waals surface area (Å²) in [6.07, 6.45) is 4.38. The van der Waals surface area contributed by atoms with Crippen molar-refractivity contribution in [3.63, 3.8) is 0 Å². The van der Waals surface area contributed by atoms with Crippen molar-refractivity contribution in [2.75, 3.05) is 13.2 Å². The fourth-order valence-corrected chi connectivity index (χ4v) is 3.78. The highest BCUT2D eigenvalue weighted by atomic mass is 16.5. The summed E-state index contributed by atoms with van der Waals surface area (Å²) in [5, 5.41) is 17.0. The van der Waals surface area contributed by atoms with Gasteiger partial charge in [-0.05, 0) is 67.1 Å². The molecule has 8 nitrogen and oxygen atoms in total. The minimum absolute atomic E-state index is 0.0186. The van der Waals surface area contributed by atoms with Gasteiger partial charge in [0.05, 0.1) is 35.5 Å². The molecule has 0 aromatic heterocycles. The standard InChI is InChI=1S/C16H18O4.C8H6O4/c17-15-11-5-7-12(8-6-11)16(18)20-10-14-4-2-1-3-13(14)9-19-15;9-7(10)5-2-1-3-6(4-5)8(11)12/h5-8,13-14H,1-4,9-10H2;1-4H,(H,9,10)(H,11,12). The zero-order valence-corrected chi connectivity index (χ0v) is 17.4. The average molecular weight is 440 g/mol. The highest BCUT2D eigenvalue weighted by Gasteiger charge is 2.28. The maximum absolute atomic E-state index is 12.0. The van der Waals surface area contributed by atoms with Crippen molar-refractivity contribution in [1.82, 2.24) is 0 Å². The molecular formula is C24H24O8. The molecule has 2 N–H and O–H groups in total. The van der Waals surface area contributed by atoms with Crippen LogP contribution in [0.15, 0.2) is 48.5 Å². The van der Waals surface area contributed by atoms with Gasteiger partial charge >= 0.3 is 23.9 Å². The van der Waals surface area contributed by atoms with Crippen LogP contribution in [0.5, 0.6) is 0 Å². The number of aromatic carboxylic acids is 2. The van der Waals surface area contributed by atoms with Gasteiger partial charge in [-0.2, -0.15) is 0 Å². The number of carboxylic acid groups (broad SMARTS) is 2. The predicted molar refractivity (Wildman–Crippen MR) is 113 cm³/mol. The summed E-state index contributed by atoms with van der Waals surface area (Å²) in [6, 6.07) is 11.6. The summed E-state index contributed by atoms with van der Waals surface area (Å²) in [6.45, 7) is 0.839. The molecule has 0 radical (unpaired) electrons. The Kier molecular flexibility index (Phi) is 7.59. The highest BCUT2D eigenvalue weighted by molar-refractivity contribution is 5.94. The smallest absolute Gasteiger partial charge is 0.338 e. The van der Waals surface area contributed by atoms with E-state index >= 15 is 0 Å². The molecule has 0 amide bonds. The minimum atomic E-state index is -1.13. The molecule has 2 aliphatic heterocycles. The number of fused-ring (bicyclic) bond motifs is 6. The lowest BCUT2D eigenvalue weighted by Gasteiger charge is -2.31. The van der Waals surface area contributed by atoms with E-state index in [1.165, 1.54) is 18.2 Å². The molecule has 32 heavy (non-hydrogen) atoms. The fraction of sp³-hybridized carbons (Fsp3) is 0.333. The Morgan fingerprint density at radius 3 is 1.50 bits per heavy atom. The van der Waals surface area contributed by atoms with E-state index in [1.54, 1.807) is 24.3 Å². The molecule has 1 fully saturated rings. The zero-order chi connectivity index (χ0) is 23.1. The van der Waals surface area contributed by atoms with Crippen molar-refractivity contribution in [3.8, 4) is 0 Å². The molecule has 1 aliphatic carbocycles. The number of ether oxygens (including phenoxy) is 2. The van der Waals surface area contributed by atoms with Gasteiger partial charge in [-0.15, -0.1) is 0 Å². The van der Waals surface area contributed by atoms with Crippen molar-refractivity contribution in [2.45, 2.75) is 25.7 Å². The molecule has 5 rings (SSSR count). The largest absolute Gasteiger partial charge is 0.478 e. The summed E-state index contributed by atoms with van der Waals surface area (Å²) in [5.74, 6) is -2.27. The molecular weight excluding hydrogens is 416 g/mol. The number of carbonyl (C=O) groups excluding carboxylic acids is 2. The van der Waals surface area contributed by atoms with Crippen molar-refractivity contribution in [3.05, 3.63) is 70.8 Å². The Bertz CT molecular complexity index is 919. The topological polar surface area (TPSA) is 127 Å². The van der Waals surface area contributed by atoms with Crippen molar-refractivity contribution in [1.29, 1.82) is 0 Å². The summed E-state index contributed by atoms with van der Waals surface area (Å²) < 4.78 is 10.8. The molecule has 2 heterocycles. The fourth-order valence-electron chi connectivity index (χ4n) is 3.78. The van der Waals surface area contributed by atoms with Crippen molar-refractivity contribution in [2.24, 2.45) is 11.8 Å². The van der Waals surface area contributed by atoms with Crippen LogP contribution >= 0.6 is 0 Å². The Balaban J connectivity index is 0.000000207. The Hall–Kier alpha value is -3.68.